The second kappa shape index (κ2) is 8.41. The highest BCUT2D eigenvalue weighted by Gasteiger charge is 2.19. The number of hydrogen-bond acceptors (Lipinski definition) is 4. The number of carbonyl (C=O) groups excluding carboxylic acids is 1. The van der Waals surface area contributed by atoms with Gasteiger partial charge in [-0.25, -0.2) is 4.39 Å². The zero-order valence-electron chi connectivity index (χ0n) is 14.8. The SMILES string of the molecule is NC(=O)c1ccc(CNC(c2ccccc2)c2ccc(F)cc2)c([N+](=O)[O-])c1. The molecule has 0 aromatic heterocycles. The number of benzene rings is 3. The van der Waals surface area contributed by atoms with Crippen LogP contribution in [0.1, 0.15) is 33.1 Å². The summed E-state index contributed by atoms with van der Waals surface area (Å²) in [6.45, 7) is 0.173. The Morgan fingerprint density at radius 1 is 1.04 bits per heavy atom. The summed E-state index contributed by atoms with van der Waals surface area (Å²) in [6.07, 6.45) is 0. The fraction of sp³-hybridized carbons (Fsp3) is 0.0952. The normalized spacial score (nSPS) is 11.8. The Kier molecular flexibility index (Phi) is 5.76. The maximum atomic E-state index is 13.3. The lowest BCUT2D eigenvalue weighted by Gasteiger charge is -2.20. The van der Waals surface area contributed by atoms with Gasteiger partial charge in [-0.1, -0.05) is 48.5 Å². The van der Waals surface area contributed by atoms with E-state index in [4.69, 9.17) is 5.73 Å². The van der Waals surface area contributed by atoms with Gasteiger partial charge >= 0.3 is 0 Å². The van der Waals surface area contributed by atoms with E-state index in [1.807, 2.05) is 30.3 Å². The molecular weight excluding hydrogens is 361 g/mol. The molecule has 0 spiro atoms. The summed E-state index contributed by atoms with van der Waals surface area (Å²) in [5, 5.41) is 14.7. The smallest absolute Gasteiger partial charge is 0.274 e. The zero-order valence-corrected chi connectivity index (χ0v) is 14.8. The molecule has 1 atom stereocenters. The van der Waals surface area contributed by atoms with Crippen molar-refractivity contribution < 1.29 is 14.1 Å². The van der Waals surface area contributed by atoms with Crippen LogP contribution in [0, 0.1) is 15.9 Å². The van der Waals surface area contributed by atoms with E-state index in [1.165, 1.54) is 30.3 Å². The van der Waals surface area contributed by atoms with Crippen LogP contribution in [-0.4, -0.2) is 10.8 Å². The molecule has 0 aliphatic heterocycles. The summed E-state index contributed by atoms with van der Waals surface area (Å²) in [4.78, 5) is 22.2. The predicted molar refractivity (Wildman–Crippen MR) is 103 cm³/mol. The first-order valence-corrected chi connectivity index (χ1v) is 8.56. The van der Waals surface area contributed by atoms with E-state index in [9.17, 15) is 19.3 Å². The predicted octanol–water partition coefficient (Wildman–Crippen LogP) is 3.71. The summed E-state index contributed by atoms with van der Waals surface area (Å²) in [7, 11) is 0. The molecule has 0 saturated heterocycles. The third kappa shape index (κ3) is 4.39. The van der Waals surface area contributed by atoms with Crippen molar-refractivity contribution in [1.82, 2.24) is 5.32 Å². The minimum atomic E-state index is -0.726. The van der Waals surface area contributed by atoms with Crippen molar-refractivity contribution in [3.63, 3.8) is 0 Å². The number of nitro benzene ring substituents is 1. The second-order valence-corrected chi connectivity index (χ2v) is 6.24. The van der Waals surface area contributed by atoms with Crippen molar-refractivity contribution >= 4 is 11.6 Å². The quantitative estimate of drug-likeness (QED) is 0.483. The fourth-order valence-electron chi connectivity index (χ4n) is 2.98. The van der Waals surface area contributed by atoms with Crippen molar-refractivity contribution in [2.24, 2.45) is 5.73 Å². The van der Waals surface area contributed by atoms with E-state index < -0.39 is 10.8 Å². The third-order valence-electron chi connectivity index (χ3n) is 4.40. The molecule has 0 saturated carbocycles. The molecule has 28 heavy (non-hydrogen) atoms. The minimum Gasteiger partial charge on any atom is -0.366 e. The van der Waals surface area contributed by atoms with Crippen molar-refractivity contribution in [2.45, 2.75) is 12.6 Å². The van der Waals surface area contributed by atoms with Gasteiger partial charge in [-0.05, 0) is 29.3 Å². The molecule has 3 aromatic carbocycles. The third-order valence-corrected chi connectivity index (χ3v) is 4.40. The Morgan fingerprint density at radius 3 is 2.29 bits per heavy atom. The molecule has 1 amide bonds. The summed E-state index contributed by atoms with van der Waals surface area (Å²) < 4.78 is 13.3. The van der Waals surface area contributed by atoms with Gasteiger partial charge in [0.1, 0.15) is 5.82 Å². The number of halogens is 1. The summed E-state index contributed by atoms with van der Waals surface area (Å²) in [5.74, 6) is -1.07. The van der Waals surface area contributed by atoms with Gasteiger partial charge in [0, 0.05) is 23.7 Å². The highest BCUT2D eigenvalue weighted by Crippen LogP contribution is 2.25. The van der Waals surface area contributed by atoms with Crippen LogP contribution in [0.3, 0.4) is 0 Å². The van der Waals surface area contributed by atoms with Crippen LogP contribution in [0.2, 0.25) is 0 Å². The second-order valence-electron chi connectivity index (χ2n) is 6.24. The molecule has 3 rings (SSSR count). The minimum absolute atomic E-state index is 0.0774. The molecule has 1 unspecified atom stereocenters. The number of nitro groups is 1. The van der Waals surface area contributed by atoms with Crippen LogP contribution in [0.5, 0.6) is 0 Å². The summed E-state index contributed by atoms with van der Waals surface area (Å²) in [5.41, 5.74) is 7.28. The molecule has 7 heteroatoms. The summed E-state index contributed by atoms with van der Waals surface area (Å²) in [6, 6.07) is 19.4. The molecule has 0 radical (unpaired) electrons. The van der Waals surface area contributed by atoms with Crippen molar-refractivity contribution in [3.8, 4) is 0 Å². The molecule has 6 nitrogen and oxygen atoms in total. The van der Waals surface area contributed by atoms with Gasteiger partial charge in [-0.2, -0.15) is 0 Å². The fourth-order valence-corrected chi connectivity index (χ4v) is 2.98. The Balaban J connectivity index is 1.91. The Hall–Kier alpha value is -3.58. The van der Waals surface area contributed by atoms with Gasteiger partial charge in [0.2, 0.25) is 5.91 Å². The van der Waals surface area contributed by atoms with Gasteiger partial charge in [0.15, 0.2) is 0 Å². The van der Waals surface area contributed by atoms with Gasteiger partial charge < -0.3 is 11.1 Å². The summed E-state index contributed by atoms with van der Waals surface area (Å²) >= 11 is 0. The zero-order chi connectivity index (χ0) is 20.1. The monoisotopic (exact) mass is 379 g/mol. The first-order valence-electron chi connectivity index (χ1n) is 8.56. The first kappa shape index (κ1) is 19.2. The van der Waals surface area contributed by atoms with Crippen LogP contribution in [0.4, 0.5) is 10.1 Å². The van der Waals surface area contributed by atoms with E-state index in [0.29, 0.717) is 5.56 Å². The van der Waals surface area contributed by atoms with Gasteiger partial charge in [0.25, 0.3) is 5.69 Å². The average molecular weight is 379 g/mol. The molecule has 0 aliphatic rings. The van der Waals surface area contributed by atoms with Crippen LogP contribution in [-0.2, 0) is 6.54 Å². The average Bonchev–Trinajstić information content (AvgIpc) is 2.70. The topological polar surface area (TPSA) is 98.3 Å². The number of rotatable bonds is 7. The van der Waals surface area contributed by atoms with E-state index in [1.54, 1.807) is 12.1 Å². The number of primary amides is 1. The Labute approximate surface area is 161 Å². The van der Waals surface area contributed by atoms with E-state index in [2.05, 4.69) is 5.32 Å². The van der Waals surface area contributed by atoms with Crippen LogP contribution >= 0.6 is 0 Å². The lowest BCUT2D eigenvalue weighted by molar-refractivity contribution is -0.385. The first-order chi connectivity index (χ1) is 13.5. The molecule has 142 valence electrons. The number of nitrogens with zero attached hydrogens (tertiary/aromatic N) is 1. The van der Waals surface area contributed by atoms with E-state index in [-0.39, 0.29) is 29.7 Å². The molecule has 3 N–H and O–H groups in total. The molecular formula is C21H18FN3O3. The Morgan fingerprint density at radius 2 is 1.68 bits per heavy atom. The largest absolute Gasteiger partial charge is 0.366 e. The number of carbonyl (C=O) groups is 1. The number of hydrogen-bond donors (Lipinski definition) is 2. The lowest BCUT2D eigenvalue weighted by Crippen LogP contribution is -2.22. The highest BCUT2D eigenvalue weighted by atomic mass is 19.1. The maximum Gasteiger partial charge on any atom is 0.274 e. The van der Waals surface area contributed by atoms with Crippen LogP contribution < -0.4 is 11.1 Å². The molecule has 0 aliphatic carbocycles. The van der Waals surface area contributed by atoms with Gasteiger partial charge in [-0.15, -0.1) is 0 Å². The number of amides is 1. The highest BCUT2D eigenvalue weighted by molar-refractivity contribution is 5.93. The van der Waals surface area contributed by atoms with Crippen molar-refractivity contribution in [2.75, 3.05) is 0 Å². The molecule has 3 aromatic rings. The number of nitrogens with two attached hydrogens (primary N) is 1. The molecule has 0 bridgehead atoms. The molecule has 0 heterocycles. The van der Waals surface area contributed by atoms with Crippen LogP contribution in [0.15, 0.2) is 72.8 Å². The van der Waals surface area contributed by atoms with E-state index in [0.717, 1.165) is 11.1 Å². The lowest BCUT2D eigenvalue weighted by atomic mass is 9.98. The van der Waals surface area contributed by atoms with Crippen molar-refractivity contribution in [3.05, 3.63) is 111 Å². The Bertz CT molecular complexity index is 992. The van der Waals surface area contributed by atoms with Crippen molar-refractivity contribution in [1.29, 1.82) is 0 Å². The van der Waals surface area contributed by atoms with Gasteiger partial charge in [0.05, 0.1) is 11.0 Å². The van der Waals surface area contributed by atoms with Crippen LogP contribution in [0.25, 0.3) is 0 Å². The molecule has 0 fully saturated rings. The standard InChI is InChI=1S/C21H18FN3O3/c22-18-10-8-15(9-11-18)20(14-4-2-1-3-5-14)24-13-17-7-6-16(21(23)26)12-19(17)25(27)28/h1-12,20,24H,13H2,(H2,23,26). The maximum absolute atomic E-state index is 13.3. The van der Waals surface area contributed by atoms with Gasteiger partial charge in [-0.3, -0.25) is 14.9 Å². The number of nitrogens with one attached hydrogen (secondary N) is 1. The van der Waals surface area contributed by atoms with E-state index >= 15 is 0 Å².